The largest absolute Gasteiger partial charge is 0.435 e. The zero-order valence-electron chi connectivity index (χ0n) is 15.9. The minimum absolute atomic E-state index is 0.00550. The number of alkyl halides is 2. The van der Waals surface area contributed by atoms with Gasteiger partial charge in [0.15, 0.2) is 0 Å². The molecule has 8 heteroatoms. The summed E-state index contributed by atoms with van der Waals surface area (Å²) in [7, 11) is 1.67. The second-order valence-electron chi connectivity index (χ2n) is 6.40. The van der Waals surface area contributed by atoms with Crippen molar-refractivity contribution >= 4 is 23.2 Å². The van der Waals surface area contributed by atoms with E-state index in [1.165, 1.54) is 24.3 Å². The van der Waals surface area contributed by atoms with Crippen LogP contribution in [0.5, 0.6) is 5.75 Å². The van der Waals surface area contributed by atoms with Crippen molar-refractivity contribution in [1.82, 2.24) is 4.90 Å². The Hall–Kier alpha value is -3.00. The lowest BCUT2D eigenvalue weighted by Crippen LogP contribution is -2.43. The first-order valence-electron chi connectivity index (χ1n) is 8.67. The summed E-state index contributed by atoms with van der Waals surface area (Å²) in [4.78, 5) is 26.1. The fourth-order valence-electron chi connectivity index (χ4n) is 2.37. The monoisotopic (exact) mass is 391 g/mol. The molecule has 6 nitrogen and oxygen atoms in total. The molecule has 0 saturated heterocycles. The number of aryl methyl sites for hydroxylation is 1. The number of hydrogen-bond donors (Lipinski definition) is 2. The predicted octanol–water partition coefficient (Wildman–Crippen LogP) is 3.49. The zero-order chi connectivity index (χ0) is 20.7. The number of amides is 2. The average molecular weight is 391 g/mol. The summed E-state index contributed by atoms with van der Waals surface area (Å²) < 4.78 is 28.6. The second-order valence-corrected chi connectivity index (χ2v) is 6.40. The van der Waals surface area contributed by atoms with E-state index >= 15 is 0 Å². The third kappa shape index (κ3) is 6.62. The van der Waals surface area contributed by atoms with Crippen molar-refractivity contribution in [2.24, 2.45) is 0 Å². The number of carbonyl (C=O) groups is 2. The number of anilines is 2. The van der Waals surface area contributed by atoms with Gasteiger partial charge < -0.3 is 15.4 Å². The Bertz CT molecular complexity index is 795. The molecular formula is C20H23F2N3O3. The molecule has 2 aromatic carbocycles. The Morgan fingerprint density at radius 2 is 1.54 bits per heavy atom. The third-order valence-corrected chi connectivity index (χ3v) is 4.12. The summed E-state index contributed by atoms with van der Waals surface area (Å²) in [5.41, 5.74) is 2.22. The van der Waals surface area contributed by atoms with Gasteiger partial charge in [-0.3, -0.25) is 14.5 Å². The quantitative estimate of drug-likeness (QED) is 0.723. The first kappa shape index (κ1) is 21.3. The van der Waals surface area contributed by atoms with Gasteiger partial charge >= 0.3 is 6.61 Å². The van der Waals surface area contributed by atoms with E-state index in [4.69, 9.17) is 0 Å². The Labute approximate surface area is 162 Å². The van der Waals surface area contributed by atoms with Crippen molar-refractivity contribution in [3.05, 3.63) is 54.1 Å². The highest BCUT2D eigenvalue weighted by Gasteiger charge is 2.20. The Morgan fingerprint density at radius 1 is 1.00 bits per heavy atom. The van der Waals surface area contributed by atoms with E-state index in [-0.39, 0.29) is 24.1 Å². The number of ether oxygens (including phenoxy) is 1. The molecule has 0 fully saturated rings. The highest BCUT2D eigenvalue weighted by molar-refractivity contribution is 5.96. The van der Waals surface area contributed by atoms with E-state index < -0.39 is 12.7 Å². The molecule has 1 unspecified atom stereocenters. The van der Waals surface area contributed by atoms with Crippen LogP contribution in [0.1, 0.15) is 12.5 Å². The maximum atomic E-state index is 12.4. The van der Waals surface area contributed by atoms with Crippen molar-refractivity contribution in [2.75, 3.05) is 24.2 Å². The van der Waals surface area contributed by atoms with Gasteiger partial charge in [0.05, 0.1) is 12.6 Å². The molecule has 2 aromatic rings. The van der Waals surface area contributed by atoms with Gasteiger partial charge in [0.2, 0.25) is 11.8 Å². The number of likely N-dealkylation sites (N-methyl/N-ethyl adjacent to an activating group) is 1. The van der Waals surface area contributed by atoms with Crippen molar-refractivity contribution in [1.29, 1.82) is 0 Å². The van der Waals surface area contributed by atoms with Gasteiger partial charge in [-0.2, -0.15) is 8.78 Å². The predicted molar refractivity (Wildman–Crippen MR) is 104 cm³/mol. The average Bonchev–Trinajstić information content (AvgIpc) is 2.64. The standard InChI is InChI=1S/C20H23F2N3O3/c1-13-4-6-15(7-5-13)23-18(26)12-25(3)14(2)19(27)24-16-8-10-17(11-9-16)28-20(21)22/h4-11,14,20H,12H2,1-3H3,(H,23,26)(H,24,27). The summed E-state index contributed by atoms with van der Waals surface area (Å²) in [6, 6.07) is 12.4. The molecule has 0 bridgehead atoms. The van der Waals surface area contributed by atoms with E-state index in [2.05, 4.69) is 15.4 Å². The Balaban J connectivity index is 1.85. The van der Waals surface area contributed by atoms with Crippen molar-refractivity contribution in [3.8, 4) is 5.75 Å². The number of carbonyl (C=O) groups excluding carboxylic acids is 2. The lowest BCUT2D eigenvalue weighted by molar-refractivity contribution is -0.122. The van der Waals surface area contributed by atoms with Gasteiger partial charge in [-0.1, -0.05) is 17.7 Å². The van der Waals surface area contributed by atoms with Crippen LogP contribution in [-0.4, -0.2) is 43.0 Å². The molecule has 0 heterocycles. The molecule has 28 heavy (non-hydrogen) atoms. The molecule has 0 saturated carbocycles. The van der Waals surface area contributed by atoms with E-state index in [0.29, 0.717) is 11.4 Å². The number of halogens is 2. The smallest absolute Gasteiger partial charge is 0.387 e. The van der Waals surface area contributed by atoms with E-state index in [9.17, 15) is 18.4 Å². The van der Waals surface area contributed by atoms with Crippen LogP contribution in [0.3, 0.4) is 0 Å². The summed E-state index contributed by atoms with van der Waals surface area (Å²) in [6.07, 6.45) is 0. The fourth-order valence-corrected chi connectivity index (χ4v) is 2.37. The Kier molecular flexibility index (Phi) is 7.45. The summed E-state index contributed by atoms with van der Waals surface area (Å²) >= 11 is 0. The minimum Gasteiger partial charge on any atom is -0.435 e. The van der Waals surface area contributed by atoms with E-state index in [0.717, 1.165) is 5.56 Å². The molecular weight excluding hydrogens is 368 g/mol. The fraction of sp³-hybridized carbons (Fsp3) is 0.300. The van der Waals surface area contributed by atoms with Crippen LogP contribution in [0.2, 0.25) is 0 Å². The molecule has 2 amide bonds. The summed E-state index contributed by atoms with van der Waals surface area (Å²) in [6.45, 7) is 0.756. The maximum Gasteiger partial charge on any atom is 0.387 e. The van der Waals surface area contributed by atoms with E-state index in [1.807, 2.05) is 31.2 Å². The van der Waals surface area contributed by atoms with Crippen LogP contribution in [0.15, 0.2) is 48.5 Å². The molecule has 0 aliphatic rings. The molecule has 0 spiro atoms. The van der Waals surface area contributed by atoms with Crippen LogP contribution in [0.25, 0.3) is 0 Å². The van der Waals surface area contributed by atoms with Crippen LogP contribution in [0.4, 0.5) is 20.2 Å². The molecule has 2 N–H and O–H groups in total. The normalized spacial score (nSPS) is 12.0. The topological polar surface area (TPSA) is 70.7 Å². The molecule has 2 rings (SSSR count). The SMILES string of the molecule is Cc1ccc(NC(=O)CN(C)C(C)C(=O)Nc2ccc(OC(F)F)cc2)cc1. The summed E-state index contributed by atoms with van der Waals surface area (Å²) in [5, 5.41) is 5.45. The van der Waals surface area contributed by atoms with Gasteiger partial charge in [0, 0.05) is 11.4 Å². The molecule has 0 aliphatic heterocycles. The van der Waals surface area contributed by atoms with Gasteiger partial charge in [-0.05, 0) is 57.3 Å². The van der Waals surface area contributed by atoms with Gasteiger partial charge in [0.25, 0.3) is 0 Å². The maximum absolute atomic E-state index is 12.4. The minimum atomic E-state index is -2.90. The molecule has 0 aliphatic carbocycles. The number of rotatable bonds is 8. The van der Waals surface area contributed by atoms with Gasteiger partial charge in [-0.15, -0.1) is 0 Å². The van der Waals surface area contributed by atoms with Crippen molar-refractivity contribution in [3.63, 3.8) is 0 Å². The summed E-state index contributed by atoms with van der Waals surface area (Å²) in [5.74, 6) is -0.557. The third-order valence-electron chi connectivity index (χ3n) is 4.12. The zero-order valence-corrected chi connectivity index (χ0v) is 15.9. The van der Waals surface area contributed by atoms with Crippen LogP contribution >= 0.6 is 0 Å². The molecule has 1 atom stereocenters. The Morgan fingerprint density at radius 3 is 2.11 bits per heavy atom. The number of nitrogens with zero attached hydrogens (tertiary/aromatic N) is 1. The lowest BCUT2D eigenvalue weighted by atomic mass is 10.2. The number of nitrogens with one attached hydrogen (secondary N) is 2. The van der Waals surface area contributed by atoms with E-state index in [1.54, 1.807) is 18.9 Å². The van der Waals surface area contributed by atoms with Crippen molar-refractivity contribution < 1.29 is 23.1 Å². The van der Waals surface area contributed by atoms with Crippen molar-refractivity contribution in [2.45, 2.75) is 26.5 Å². The van der Waals surface area contributed by atoms with Crippen LogP contribution in [-0.2, 0) is 9.59 Å². The van der Waals surface area contributed by atoms with Crippen LogP contribution < -0.4 is 15.4 Å². The first-order chi connectivity index (χ1) is 13.2. The highest BCUT2D eigenvalue weighted by atomic mass is 19.3. The molecule has 0 radical (unpaired) electrons. The van der Waals surface area contributed by atoms with Gasteiger partial charge in [0.1, 0.15) is 5.75 Å². The lowest BCUT2D eigenvalue weighted by Gasteiger charge is -2.23. The second kappa shape index (κ2) is 9.80. The highest BCUT2D eigenvalue weighted by Crippen LogP contribution is 2.18. The number of hydrogen-bond acceptors (Lipinski definition) is 4. The molecule has 0 aromatic heterocycles. The first-order valence-corrected chi connectivity index (χ1v) is 8.67. The molecule has 150 valence electrons. The van der Waals surface area contributed by atoms with Crippen LogP contribution in [0, 0.1) is 6.92 Å². The number of benzene rings is 2. The van der Waals surface area contributed by atoms with Gasteiger partial charge in [-0.25, -0.2) is 0 Å².